The highest BCUT2D eigenvalue weighted by atomic mass is 32.3. The third-order valence-corrected chi connectivity index (χ3v) is 2.28. The Morgan fingerprint density at radius 1 is 1.28 bits per heavy atom. The van der Waals surface area contributed by atoms with Gasteiger partial charge in [0, 0.05) is 11.6 Å². The molecule has 1 aromatic carbocycles. The first-order valence-electron chi connectivity index (χ1n) is 4.82. The fraction of sp³-hybridized carbons (Fsp3) is 0.182. The second-order valence-corrected chi connectivity index (χ2v) is 4.28. The SMILES string of the molecule is COc1ccc(/C(=C/C(C)=O)OS(=O)(=O)F)cc1. The third kappa shape index (κ3) is 4.54. The first-order valence-corrected chi connectivity index (χ1v) is 6.13. The monoisotopic (exact) mass is 274 g/mol. The Morgan fingerprint density at radius 3 is 2.22 bits per heavy atom. The topological polar surface area (TPSA) is 69.7 Å². The number of carbonyl (C=O) groups is 1. The third-order valence-electron chi connectivity index (χ3n) is 1.90. The van der Waals surface area contributed by atoms with E-state index in [0.717, 1.165) is 6.08 Å². The van der Waals surface area contributed by atoms with Gasteiger partial charge in [-0.25, -0.2) is 0 Å². The van der Waals surface area contributed by atoms with Crippen LogP contribution in [0.15, 0.2) is 30.3 Å². The molecule has 0 N–H and O–H groups in total. The molecule has 0 radical (unpaired) electrons. The first kappa shape index (κ1) is 14.2. The van der Waals surface area contributed by atoms with Crippen molar-refractivity contribution < 1.29 is 26.0 Å². The summed E-state index contributed by atoms with van der Waals surface area (Å²) >= 11 is 0. The van der Waals surface area contributed by atoms with Gasteiger partial charge in [0.1, 0.15) is 5.75 Å². The molecular weight excluding hydrogens is 263 g/mol. The Bertz CT molecular complexity index is 560. The number of benzene rings is 1. The molecule has 0 bridgehead atoms. The summed E-state index contributed by atoms with van der Waals surface area (Å²) in [6, 6.07) is 5.94. The lowest BCUT2D eigenvalue weighted by Crippen LogP contribution is -2.00. The van der Waals surface area contributed by atoms with E-state index < -0.39 is 16.3 Å². The predicted octanol–water partition coefficient (Wildman–Crippen LogP) is 1.86. The molecule has 0 aliphatic rings. The van der Waals surface area contributed by atoms with E-state index in [2.05, 4.69) is 4.18 Å². The number of rotatable bonds is 5. The van der Waals surface area contributed by atoms with Crippen molar-refractivity contribution in [3.63, 3.8) is 0 Å². The van der Waals surface area contributed by atoms with E-state index in [4.69, 9.17) is 4.74 Å². The number of halogens is 1. The van der Waals surface area contributed by atoms with Crippen LogP contribution >= 0.6 is 0 Å². The van der Waals surface area contributed by atoms with Crippen molar-refractivity contribution in [1.82, 2.24) is 0 Å². The second kappa shape index (κ2) is 5.63. The summed E-state index contributed by atoms with van der Waals surface area (Å²) < 4.78 is 42.4. The molecule has 1 rings (SSSR count). The zero-order valence-corrected chi connectivity index (χ0v) is 10.5. The molecule has 0 heterocycles. The fourth-order valence-electron chi connectivity index (χ4n) is 1.20. The summed E-state index contributed by atoms with van der Waals surface area (Å²) in [5.74, 6) is -0.318. The van der Waals surface area contributed by atoms with Crippen molar-refractivity contribution >= 4 is 22.0 Å². The molecule has 0 fully saturated rings. The van der Waals surface area contributed by atoms with Crippen LogP contribution in [0.1, 0.15) is 12.5 Å². The van der Waals surface area contributed by atoms with Gasteiger partial charge in [-0.3, -0.25) is 4.79 Å². The fourth-order valence-corrected chi connectivity index (χ4v) is 1.56. The standard InChI is InChI=1S/C11H11FO5S/c1-8(13)7-11(17-18(12,14)15)9-3-5-10(16-2)6-4-9/h3-7H,1-2H3/b11-7-. The first-order chi connectivity index (χ1) is 8.31. The van der Waals surface area contributed by atoms with Gasteiger partial charge in [-0.2, -0.15) is 8.42 Å². The Balaban J connectivity index is 3.13. The van der Waals surface area contributed by atoms with Crippen LogP contribution < -0.4 is 4.74 Å². The molecule has 0 aromatic heterocycles. The highest BCUT2D eigenvalue weighted by Crippen LogP contribution is 2.22. The molecule has 98 valence electrons. The number of carbonyl (C=O) groups excluding carboxylic acids is 1. The smallest absolute Gasteiger partial charge is 0.488 e. The van der Waals surface area contributed by atoms with Crippen LogP contribution in [0.5, 0.6) is 5.75 Å². The number of hydrogen-bond acceptors (Lipinski definition) is 5. The van der Waals surface area contributed by atoms with Gasteiger partial charge in [0.2, 0.25) is 0 Å². The van der Waals surface area contributed by atoms with Crippen LogP contribution in [0.3, 0.4) is 0 Å². The summed E-state index contributed by atoms with van der Waals surface area (Å²) in [7, 11) is -3.72. The maximum Gasteiger partial charge on any atom is 0.488 e. The Kier molecular flexibility index (Phi) is 4.43. The lowest BCUT2D eigenvalue weighted by Gasteiger charge is -2.06. The Hall–Kier alpha value is -1.89. The van der Waals surface area contributed by atoms with Gasteiger partial charge in [0.05, 0.1) is 7.11 Å². The lowest BCUT2D eigenvalue weighted by molar-refractivity contribution is -0.112. The normalized spacial score (nSPS) is 12.1. The molecule has 0 aliphatic carbocycles. The predicted molar refractivity (Wildman–Crippen MR) is 62.8 cm³/mol. The van der Waals surface area contributed by atoms with E-state index in [1.165, 1.54) is 38.3 Å². The second-order valence-electron chi connectivity index (χ2n) is 3.32. The largest absolute Gasteiger partial charge is 0.497 e. The molecule has 0 atom stereocenters. The zero-order chi connectivity index (χ0) is 13.8. The summed E-state index contributed by atoms with van der Waals surface area (Å²) in [6.07, 6.45) is 0.888. The molecule has 18 heavy (non-hydrogen) atoms. The van der Waals surface area contributed by atoms with Crippen molar-refractivity contribution in [2.45, 2.75) is 6.92 Å². The summed E-state index contributed by atoms with van der Waals surface area (Å²) in [5.41, 5.74) is 0.243. The zero-order valence-electron chi connectivity index (χ0n) is 9.71. The average molecular weight is 274 g/mol. The number of methoxy groups -OCH3 is 1. The van der Waals surface area contributed by atoms with E-state index in [9.17, 15) is 17.1 Å². The molecule has 7 heteroatoms. The number of ether oxygens (including phenoxy) is 1. The Labute approximate surface area is 104 Å². The molecule has 1 aromatic rings. The molecule has 0 amide bonds. The van der Waals surface area contributed by atoms with Gasteiger partial charge in [-0.15, -0.1) is 0 Å². The average Bonchev–Trinajstić information content (AvgIpc) is 2.26. The van der Waals surface area contributed by atoms with E-state index in [0.29, 0.717) is 5.75 Å². The molecule has 5 nitrogen and oxygen atoms in total. The van der Waals surface area contributed by atoms with Gasteiger partial charge in [0.25, 0.3) is 0 Å². The molecule has 0 aliphatic heterocycles. The molecule has 0 unspecified atom stereocenters. The highest BCUT2D eigenvalue weighted by Gasteiger charge is 2.15. The van der Waals surface area contributed by atoms with Gasteiger partial charge >= 0.3 is 10.5 Å². The molecule has 0 saturated heterocycles. The van der Waals surface area contributed by atoms with Gasteiger partial charge in [0.15, 0.2) is 11.5 Å². The van der Waals surface area contributed by atoms with Gasteiger partial charge in [-0.1, -0.05) is 3.89 Å². The van der Waals surface area contributed by atoms with Crippen LogP contribution in [0.25, 0.3) is 5.76 Å². The minimum Gasteiger partial charge on any atom is -0.497 e. The van der Waals surface area contributed by atoms with E-state index >= 15 is 0 Å². The van der Waals surface area contributed by atoms with E-state index in [1.54, 1.807) is 0 Å². The van der Waals surface area contributed by atoms with Crippen LogP contribution in [-0.4, -0.2) is 21.3 Å². The molecular formula is C11H11FO5S. The van der Waals surface area contributed by atoms with E-state index in [-0.39, 0.29) is 11.3 Å². The molecule has 0 spiro atoms. The number of hydrogen-bond donors (Lipinski definition) is 0. The minimum absolute atomic E-state index is 0.243. The van der Waals surface area contributed by atoms with E-state index in [1.807, 2.05) is 0 Å². The maximum absolute atomic E-state index is 12.5. The van der Waals surface area contributed by atoms with Crippen molar-refractivity contribution in [2.24, 2.45) is 0 Å². The van der Waals surface area contributed by atoms with Crippen LogP contribution in [0.2, 0.25) is 0 Å². The van der Waals surface area contributed by atoms with Crippen molar-refractivity contribution in [1.29, 1.82) is 0 Å². The van der Waals surface area contributed by atoms with Crippen LogP contribution in [0, 0.1) is 0 Å². The van der Waals surface area contributed by atoms with Crippen LogP contribution in [-0.2, 0) is 19.5 Å². The van der Waals surface area contributed by atoms with Crippen molar-refractivity contribution in [3.05, 3.63) is 35.9 Å². The number of allylic oxidation sites excluding steroid dienone is 1. The summed E-state index contributed by atoms with van der Waals surface area (Å²) in [6.45, 7) is 1.19. The van der Waals surface area contributed by atoms with Crippen LogP contribution in [0.4, 0.5) is 3.89 Å². The Morgan fingerprint density at radius 2 is 1.83 bits per heavy atom. The van der Waals surface area contributed by atoms with Gasteiger partial charge < -0.3 is 8.92 Å². The highest BCUT2D eigenvalue weighted by molar-refractivity contribution is 7.81. The van der Waals surface area contributed by atoms with Crippen molar-refractivity contribution in [2.75, 3.05) is 7.11 Å². The quantitative estimate of drug-likeness (QED) is 0.465. The lowest BCUT2D eigenvalue weighted by atomic mass is 10.1. The minimum atomic E-state index is -5.18. The van der Waals surface area contributed by atoms with Crippen molar-refractivity contribution in [3.8, 4) is 5.75 Å². The van der Waals surface area contributed by atoms with Gasteiger partial charge in [-0.05, 0) is 31.2 Å². The number of ketones is 1. The molecule has 0 saturated carbocycles. The maximum atomic E-state index is 12.5. The summed E-state index contributed by atoms with van der Waals surface area (Å²) in [5, 5.41) is 0. The summed E-state index contributed by atoms with van der Waals surface area (Å²) in [4.78, 5) is 10.9.